The van der Waals surface area contributed by atoms with Gasteiger partial charge in [-0.3, -0.25) is 4.79 Å². The fourth-order valence-corrected chi connectivity index (χ4v) is 2.78. The van der Waals surface area contributed by atoms with Crippen molar-refractivity contribution in [1.29, 1.82) is 0 Å². The third-order valence-electron chi connectivity index (χ3n) is 4.17. The van der Waals surface area contributed by atoms with Crippen LogP contribution in [-0.2, 0) is 11.3 Å². The summed E-state index contributed by atoms with van der Waals surface area (Å²) >= 11 is 0. The predicted molar refractivity (Wildman–Crippen MR) is 78.1 cm³/mol. The Morgan fingerprint density at radius 1 is 1.30 bits per heavy atom. The van der Waals surface area contributed by atoms with Crippen LogP contribution < -0.4 is 16.4 Å². The van der Waals surface area contributed by atoms with Crippen LogP contribution in [0.4, 0.5) is 5.82 Å². The second-order valence-electron chi connectivity index (χ2n) is 5.52. The van der Waals surface area contributed by atoms with Crippen LogP contribution in [0, 0.1) is 19.8 Å². The SMILES string of the molecule is Cc1nnc(N2CCC(CC(N)=O)CC2)c(CN)c1C. The Kier molecular flexibility index (Phi) is 4.54. The van der Waals surface area contributed by atoms with E-state index in [1.165, 1.54) is 0 Å². The number of amides is 1. The number of aryl methyl sites for hydroxylation is 1. The number of hydrogen-bond donors (Lipinski definition) is 2. The number of anilines is 1. The Balaban J connectivity index is 2.11. The van der Waals surface area contributed by atoms with Gasteiger partial charge in [0.2, 0.25) is 5.91 Å². The number of carbonyl (C=O) groups excluding carboxylic acids is 1. The monoisotopic (exact) mass is 277 g/mol. The van der Waals surface area contributed by atoms with Gasteiger partial charge in [0.25, 0.3) is 0 Å². The van der Waals surface area contributed by atoms with E-state index in [4.69, 9.17) is 11.5 Å². The molecule has 0 unspecified atom stereocenters. The van der Waals surface area contributed by atoms with Crippen LogP contribution in [0.2, 0.25) is 0 Å². The lowest BCUT2D eigenvalue weighted by molar-refractivity contribution is -0.119. The zero-order chi connectivity index (χ0) is 14.7. The quantitative estimate of drug-likeness (QED) is 0.841. The van der Waals surface area contributed by atoms with E-state index in [9.17, 15) is 4.79 Å². The highest BCUT2D eigenvalue weighted by molar-refractivity contribution is 5.74. The van der Waals surface area contributed by atoms with E-state index in [1.54, 1.807) is 0 Å². The van der Waals surface area contributed by atoms with Crippen LogP contribution >= 0.6 is 0 Å². The maximum atomic E-state index is 11.0. The molecule has 0 atom stereocenters. The van der Waals surface area contributed by atoms with E-state index in [0.29, 0.717) is 18.9 Å². The Bertz CT molecular complexity index is 495. The van der Waals surface area contributed by atoms with E-state index in [1.807, 2.05) is 13.8 Å². The smallest absolute Gasteiger partial charge is 0.217 e. The predicted octanol–water partition coefficient (Wildman–Crippen LogP) is 0.644. The molecule has 4 N–H and O–H groups in total. The van der Waals surface area contributed by atoms with Gasteiger partial charge in [-0.15, -0.1) is 5.10 Å². The Morgan fingerprint density at radius 3 is 2.50 bits per heavy atom. The zero-order valence-electron chi connectivity index (χ0n) is 12.2. The van der Waals surface area contributed by atoms with Crippen molar-refractivity contribution in [1.82, 2.24) is 10.2 Å². The van der Waals surface area contributed by atoms with Gasteiger partial charge >= 0.3 is 0 Å². The number of nitrogens with two attached hydrogens (primary N) is 2. The molecule has 0 spiro atoms. The number of primary amides is 1. The molecule has 0 radical (unpaired) electrons. The number of aromatic nitrogens is 2. The average molecular weight is 277 g/mol. The summed E-state index contributed by atoms with van der Waals surface area (Å²) in [5, 5.41) is 8.53. The number of piperidine rings is 1. The van der Waals surface area contributed by atoms with Crippen LogP contribution in [0.5, 0.6) is 0 Å². The van der Waals surface area contributed by atoms with Gasteiger partial charge in [-0.05, 0) is 38.2 Å². The molecular weight excluding hydrogens is 254 g/mol. The average Bonchev–Trinajstić information content (AvgIpc) is 2.42. The van der Waals surface area contributed by atoms with Gasteiger partial charge in [0, 0.05) is 31.6 Å². The van der Waals surface area contributed by atoms with Crippen molar-refractivity contribution in [2.45, 2.75) is 39.7 Å². The molecule has 1 aliphatic heterocycles. The highest BCUT2D eigenvalue weighted by Gasteiger charge is 2.24. The Morgan fingerprint density at radius 2 is 1.95 bits per heavy atom. The van der Waals surface area contributed by atoms with Crippen LogP contribution in [0.15, 0.2) is 0 Å². The van der Waals surface area contributed by atoms with Crippen LogP contribution in [-0.4, -0.2) is 29.2 Å². The zero-order valence-corrected chi connectivity index (χ0v) is 12.2. The second-order valence-corrected chi connectivity index (χ2v) is 5.52. The van der Waals surface area contributed by atoms with E-state index >= 15 is 0 Å². The lowest BCUT2D eigenvalue weighted by Gasteiger charge is -2.33. The normalized spacial score (nSPS) is 16.4. The maximum Gasteiger partial charge on any atom is 0.217 e. The molecule has 1 aliphatic rings. The van der Waals surface area contributed by atoms with Crippen LogP contribution in [0.3, 0.4) is 0 Å². The summed E-state index contributed by atoms with van der Waals surface area (Å²) in [6.45, 7) is 6.21. The first-order valence-electron chi connectivity index (χ1n) is 7.09. The van der Waals surface area contributed by atoms with Crippen molar-refractivity contribution in [3.05, 3.63) is 16.8 Å². The molecule has 2 heterocycles. The molecular formula is C14H23N5O. The summed E-state index contributed by atoms with van der Waals surface area (Å²) in [4.78, 5) is 13.2. The van der Waals surface area contributed by atoms with Gasteiger partial charge in [-0.1, -0.05) is 0 Å². The minimum atomic E-state index is -0.211. The van der Waals surface area contributed by atoms with Gasteiger partial charge in [0.15, 0.2) is 5.82 Å². The van der Waals surface area contributed by atoms with Crippen molar-refractivity contribution >= 4 is 11.7 Å². The molecule has 1 fully saturated rings. The van der Waals surface area contributed by atoms with Gasteiger partial charge in [-0.25, -0.2) is 0 Å². The van der Waals surface area contributed by atoms with Crippen LogP contribution in [0.25, 0.3) is 0 Å². The van der Waals surface area contributed by atoms with Gasteiger partial charge < -0.3 is 16.4 Å². The Labute approximate surface area is 119 Å². The minimum Gasteiger partial charge on any atom is -0.370 e. The fraction of sp³-hybridized carbons (Fsp3) is 0.643. The molecule has 6 nitrogen and oxygen atoms in total. The van der Waals surface area contributed by atoms with E-state index in [0.717, 1.165) is 48.6 Å². The van der Waals surface area contributed by atoms with E-state index < -0.39 is 0 Å². The number of nitrogens with zero attached hydrogens (tertiary/aromatic N) is 3. The highest BCUT2D eigenvalue weighted by Crippen LogP contribution is 2.27. The molecule has 2 rings (SSSR count). The molecule has 1 aromatic heterocycles. The lowest BCUT2D eigenvalue weighted by Crippen LogP contribution is -2.36. The summed E-state index contributed by atoms with van der Waals surface area (Å²) in [5.74, 6) is 1.08. The third-order valence-corrected chi connectivity index (χ3v) is 4.17. The molecule has 1 aromatic rings. The van der Waals surface area contributed by atoms with Crippen LogP contribution in [0.1, 0.15) is 36.1 Å². The summed E-state index contributed by atoms with van der Waals surface area (Å²) in [7, 11) is 0. The van der Waals surface area contributed by atoms with Gasteiger partial charge in [0.1, 0.15) is 0 Å². The van der Waals surface area contributed by atoms with Crippen molar-refractivity contribution in [3.63, 3.8) is 0 Å². The lowest BCUT2D eigenvalue weighted by atomic mass is 9.93. The molecule has 0 aromatic carbocycles. The third kappa shape index (κ3) is 3.07. The summed E-state index contributed by atoms with van der Waals surface area (Å²) in [6.07, 6.45) is 2.40. The van der Waals surface area contributed by atoms with Gasteiger partial charge in [-0.2, -0.15) is 5.10 Å². The first kappa shape index (κ1) is 14.7. The molecule has 110 valence electrons. The Hall–Kier alpha value is -1.69. The van der Waals surface area contributed by atoms with Crippen molar-refractivity contribution < 1.29 is 4.79 Å². The number of carbonyl (C=O) groups is 1. The number of hydrogen-bond acceptors (Lipinski definition) is 5. The maximum absolute atomic E-state index is 11.0. The standard InChI is InChI=1S/C14H23N5O/c1-9-10(2)17-18-14(12(9)8-15)19-5-3-11(4-6-19)7-13(16)20/h11H,3-8,15H2,1-2H3,(H2,16,20). The van der Waals surface area contributed by atoms with E-state index in [-0.39, 0.29) is 5.91 Å². The molecule has 6 heteroatoms. The molecule has 1 saturated heterocycles. The first-order valence-corrected chi connectivity index (χ1v) is 7.09. The van der Waals surface area contributed by atoms with Crippen molar-refractivity contribution in [3.8, 4) is 0 Å². The number of rotatable bonds is 4. The topological polar surface area (TPSA) is 98.1 Å². The van der Waals surface area contributed by atoms with Crippen molar-refractivity contribution in [2.75, 3.05) is 18.0 Å². The molecule has 1 amide bonds. The molecule has 0 aliphatic carbocycles. The minimum absolute atomic E-state index is 0.211. The first-order chi connectivity index (χ1) is 9.52. The van der Waals surface area contributed by atoms with Crippen molar-refractivity contribution in [2.24, 2.45) is 17.4 Å². The summed E-state index contributed by atoms with van der Waals surface area (Å²) in [5.41, 5.74) is 14.2. The molecule has 0 saturated carbocycles. The largest absolute Gasteiger partial charge is 0.370 e. The second kappa shape index (κ2) is 6.17. The molecule has 20 heavy (non-hydrogen) atoms. The van der Waals surface area contributed by atoms with E-state index in [2.05, 4.69) is 15.1 Å². The fourth-order valence-electron chi connectivity index (χ4n) is 2.78. The highest BCUT2D eigenvalue weighted by atomic mass is 16.1. The summed E-state index contributed by atoms with van der Waals surface area (Å²) < 4.78 is 0. The summed E-state index contributed by atoms with van der Waals surface area (Å²) in [6, 6.07) is 0. The van der Waals surface area contributed by atoms with Gasteiger partial charge in [0.05, 0.1) is 5.69 Å². The molecule has 0 bridgehead atoms.